The average Bonchev–Trinajstić information content (AvgIpc) is 3.33. The summed E-state index contributed by atoms with van der Waals surface area (Å²) in [7, 11) is -3.55. The summed E-state index contributed by atoms with van der Waals surface area (Å²) in [5.41, 5.74) is -0.241. The topological polar surface area (TPSA) is 84.3 Å². The standard InChI is InChI=1S/C23H23F3N4O3S/c24-23(25,26)20-7-3-2-6-17(20)14-27-22(31)21-15-29(16-28-21)18-8-10-19(11-9-18)34(32,33)30-12-4-1-5-13-30/h2-3,6-11,15-16H,1,4-5,12-14H2,(H,27,31). The summed E-state index contributed by atoms with van der Waals surface area (Å²) in [6.45, 7) is 0.722. The molecule has 1 aliphatic rings. The fourth-order valence-corrected chi connectivity index (χ4v) is 5.36. The molecule has 0 saturated carbocycles. The summed E-state index contributed by atoms with van der Waals surface area (Å²) in [5, 5.41) is 2.46. The van der Waals surface area contributed by atoms with E-state index in [1.165, 1.54) is 51.7 Å². The van der Waals surface area contributed by atoms with E-state index in [9.17, 15) is 26.4 Å². The van der Waals surface area contributed by atoms with E-state index < -0.39 is 27.7 Å². The Labute approximate surface area is 195 Å². The van der Waals surface area contributed by atoms with Gasteiger partial charge in [0.05, 0.1) is 10.5 Å². The van der Waals surface area contributed by atoms with Crippen LogP contribution in [0.5, 0.6) is 0 Å². The quantitative estimate of drug-likeness (QED) is 0.564. The number of carbonyl (C=O) groups excluding carboxylic acids is 1. The van der Waals surface area contributed by atoms with Gasteiger partial charge in [-0.3, -0.25) is 4.79 Å². The minimum Gasteiger partial charge on any atom is -0.347 e. The smallest absolute Gasteiger partial charge is 0.347 e. The Hall–Kier alpha value is -3.18. The number of sulfonamides is 1. The van der Waals surface area contributed by atoms with Gasteiger partial charge in [-0.1, -0.05) is 24.6 Å². The lowest BCUT2D eigenvalue weighted by Gasteiger charge is -2.25. The Morgan fingerprint density at radius 3 is 2.35 bits per heavy atom. The molecule has 0 spiro atoms. The lowest BCUT2D eigenvalue weighted by molar-refractivity contribution is -0.138. The molecule has 1 aliphatic heterocycles. The highest BCUT2D eigenvalue weighted by Crippen LogP contribution is 2.31. The molecular formula is C23H23F3N4O3S. The second-order valence-electron chi connectivity index (χ2n) is 7.96. The van der Waals surface area contributed by atoms with Crippen LogP contribution in [-0.4, -0.2) is 41.3 Å². The van der Waals surface area contributed by atoms with Crippen LogP contribution >= 0.6 is 0 Å². The van der Waals surface area contributed by atoms with Crippen LogP contribution in [0.25, 0.3) is 5.69 Å². The Balaban J connectivity index is 1.44. The highest BCUT2D eigenvalue weighted by molar-refractivity contribution is 7.89. The lowest BCUT2D eigenvalue weighted by Crippen LogP contribution is -2.35. The minimum absolute atomic E-state index is 0.0227. The molecule has 11 heteroatoms. The number of amides is 1. The highest BCUT2D eigenvalue weighted by Gasteiger charge is 2.33. The first-order valence-corrected chi connectivity index (χ1v) is 12.2. The van der Waals surface area contributed by atoms with Crippen LogP contribution in [0.15, 0.2) is 66.0 Å². The van der Waals surface area contributed by atoms with Gasteiger partial charge in [0.15, 0.2) is 0 Å². The normalized spacial score (nSPS) is 15.3. The van der Waals surface area contributed by atoms with Gasteiger partial charge in [0.25, 0.3) is 5.91 Å². The van der Waals surface area contributed by atoms with E-state index in [1.807, 2.05) is 0 Å². The summed E-state index contributed by atoms with van der Waals surface area (Å²) < 4.78 is 68.0. The van der Waals surface area contributed by atoms with Crippen molar-refractivity contribution in [3.8, 4) is 5.69 Å². The molecule has 4 rings (SSSR count). The van der Waals surface area contributed by atoms with E-state index in [0.717, 1.165) is 25.3 Å². The molecule has 7 nitrogen and oxygen atoms in total. The van der Waals surface area contributed by atoms with E-state index in [2.05, 4.69) is 10.3 Å². The van der Waals surface area contributed by atoms with Crippen molar-refractivity contribution < 1.29 is 26.4 Å². The van der Waals surface area contributed by atoms with E-state index in [4.69, 9.17) is 0 Å². The molecule has 1 N–H and O–H groups in total. The van der Waals surface area contributed by atoms with Crippen molar-refractivity contribution >= 4 is 15.9 Å². The van der Waals surface area contributed by atoms with Crippen LogP contribution < -0.4 is 5.32 Å². The number of nitrogens with one attached hydrogen (secondary N) is 1. The van der Waals surface area contributed by atoms with Gasteiger partial charge in [-0.15, -0.1) is 0 Å². The van der Waals surface area contributed by atoms with Gasteiger partial charge >= 0.3 is 6.18 Å². The summed E-state index contributed by atoms with van der Waals surface area (Å²) in [6, 6.07) is 11.3. The highest BCUT2D eigenvalue weighted by atomic mass is 32.2. The van der Waals surface area contributed by atoms with Crippen LogP contribution in [0.3, 0.4) is 0 Å². The van der Waals surface area contributed by atoms with Gasteiger partial charge < -0.3 is 9.88 Å². The van der Waals surface area contributed by atoms with E-state index in [0.29, 0.717) is 18.8 Å². The molecule has 34 heavy (non-hydrogen) atoms. The van der Waals surface area contributed by atoms with E-state index in [1.54, 1.807) is 12.1 Å². The molecule has 0 aliphatic carbocycles. The molecule has 1 aromatic heterocycles. The third-order valence-corrected chi connectivity index (χ3v) is 7.58. The molecule has 0 atom stereocenters. The third kappa shape index (κ3) is 5.15. The average molecular weight is 493 g/mol. The molecular weight excluding hydrogens is 469 g/mol. The molecule has 0 bridgehead atoms. The van der Waals surface area contributed by atoms with Crippen LogP contribution in [0.2, 0.25) is 0 Å². The van der Waals surface area contributed by atoms with Crippen molar-refractivity contribution in [2.75, 3.05) is 13.1 Å². The molecule has 1 fully saturated rings. The van der Waals surface area contributed by atoms with Crippen molar-refractivity contribution in [1.29, 1.82) is 0 Å². The van der Waals surface area contributed by atoms with Crippen molar-refractivity contribution in [1.82, 2.24) is 19.2 Å². The van der Waals surface area contributed by atoms with Crippen molar-refractivity contribution in [3.63, 3.8) is 0 Å². The van der Waals surface area contributed by atoms with Crippen molar-refractivity contribution in [3.05, 3.63) is 77.9 Å². The number of imidazole rings is 1. The third-order valence-electron chi connectivity index (χ3n) is 5.67. The minimum atomic E-state index is -4.52. The Bertz CT molecular complexity index is 1270. The number of rotatable bonds is 6. The number of piperidine rings is 1. The zero-order valence-electron chi connectivity index (χ0n) is 18.1. The number of aromatic nitrogens is 2. The maximum absolute atomic E-state index is 13.1. The number of hydrogen-bond donors (Lipinski definition) is 1. The maximum Gasteiger partial charge on any atom is 0.416 e. The predicted molar refractivity (Wildman–Crippen MR) is 119 cm³/mol. The summed E-state index contributed by atoms with van der Waals surface area (Å²) in [4.78, 5) is 16.6. The Morgan fingerprint density at radius 2 is 1.68 bits per heavy atom. The van der Waals surface area contributed by atoms with Crippen molar-refractivity contribution in [2.45, 2.75) is 36.9 Å². The van der Waals surface area contributed by atoms with Crippen LogP contribution in [0, 0.1) is 0 Å². The fourth-order valence-electron chi connectivity index (χ4n) is 3.84. The van der Waals surface area contributed by atoms with E-state index in [-0.39, 0.29) is 22.7 Å². The first kappa shape index (κ1) is 24.0. The zero-order chi connectivity index (χ0) is 24.3. The van der Waals surface area contributed by atoms with Crippen LogP contribution in [0.1, 0.15) is 40.9 Å². The number of benzene rings is 2. The first-order valence-electron chi connectivity index (χ1n) is 10.7. The summed E-state index contributed by atoms with van der Waals surface area (Å²) in [5.74, 6) is -0.625. The van der Waals surface area contributed by atoms with Crippen molar-refractivity contribution in [2.24, 2.45) is 0 Å². The van der Waals surface area contributed by atoms with Crippen LogP contribution in [0.4, 0.5) is 13.2 Å². The molecule has 0 unspecified atom stereocenters. The first-order chi connectivity index (χ1) is 16.2. The van der Waals surface area contributed by atoms with Gasteiger partial charge in [0.1, 0.15) is 12.0 Å². The number of nitrogens with zero attached hydrogens (tertiary/aromatic N) is 3. The summed E-state index contributed by atoms with van der Waals surface area (Å²) >= 11 is 0. The monoisotopic (exact) mass is 492 g/mol. The summed E-state index contributed by atoms with van der Waals surface area (Å²) in [6.07, 6.45) is 1.01. The lowest BCUT2D eigenvalue weighted by atomic mass is 10.1. The number of alkyl halides is 3. The molecule has 1 amide bonds. The molecule has 2 aromatic carbocycles. The van der Waals surface area contributed by atoms with Gasteiger partial charge in [-0.25, -0.2) is 13.4 Å². The molecule has 3 aromatic rings. The molecule has 180 valence electrons. The van der Waals surface area contributed by atoms with Crippen LogP contribution in [-0.2, 0) is 22.7 Å². The fraction of sp³-hybridized carbons (Fsp3) is 0.304. The maximum atomic E-state index is 13.1. The Kier molecular flexibility index (Phi) is 6.76. The van der Waals surface area contributed by atoms with Gasteiger partial charge in [-0.2, -0.15) is 17.5 Å². The Morgan fingerprint density at radius 1 is 1.00 bits per heavy atom. The molecule has 1 saturated heterocycles. The van der Waals surface area contributed by atoms with E-state index >= 15 is 0 Å². The molecule has 2 heterocycles. The predicted octanol–water partition coefficient (Wildman–Crippen LogP) is 4.00. The number of halogens is 3. The second-order valence-corrected chi connectivity index (χ2v) is 9.90. The number of hydrogen-bond acceptors (Lipinski definition) is 4. The second kappa shape index (κ2) is 9.59. The zero-order valence-corrected chi connectivity index (χ0v) is 18.9. The van der Waals surface area contributed by atoms with Gasteiger partial charge in [0, 0.05) is 31.5 Å². The van der Waals surface area contributed by atoms with Gasteiger partial charge in [-0.05, 0) is 48.7 Å². The molecule has 0 radical (unpaired) electrons. The van der Waals surface area contributed by atoms with Gasteiger partial charge in [0.2, 0.25) is 10.0 Å². The number of carbonyl (C=O) groups is 1. The largest absolute Gasteiger partial charge is 0.416 e. The SMILES string of the molecule is O=C(NCc1ccccc1C(F)(F)F)c1cn(-c2ccc(S(=O)(=O)N3CCCCC3)cc2)cn1.